The van der Waals surface area contributed by atoms with Crippen LogP contribution in [0.15, 0.2) is 18.2 Å². The maximum atomic E-state index is 12.6. The van der Waals surface area contributed by atoms with E-state index in [1.165, 1.54) is 12.1 Å². The molecule has 0 aliphatic heterocycles. The van der Waals surface area contributed by atoms with Gasteiger partial charge in [0.15, 0.2) is 11.6 Å². The maximum Gasteiger partial charge on any atom is 0.158 e. The van der Waals surface area contributed by atoms with Gasteiger partial charge in [-0.15, -0.1) is 0 Å². The highest BCUT2D eigenvalue weighted by Gasteiger charge is 2.05. The van der Waals surface area contributed by atoms with E-state index in [9.17, 15) is 8.78 Å². The van der Waals surface area contributed by atoms with Crippen molar-refractivity contribution >= 4 is 14.0 Å². The van der Waals surface area contributed by atoms with Crippen molar-refractivity contribution in [3.05, 3.63) is 29.8 Å². The summed E-state index contributed by atoms with van der Waals surface area (Å²) >= 11 is 0. The lowest BCUT2D eigenvalue weighted by Gasteiger charge is -2.02. The molecule has 0 amide bonds. The van der Waals surface area contributed by atoms with E-state index < -0.39 is 20.4 Å². The van der Waals surface area contributed by atoms with Crippen molar-refractivity contribution in [1.29, 1.82) is 0 Å². The molecule has 0 saturated heterocycles. The SMILES string of the molecule is C[Si](C)c1ccc(F)c(F)c1.F. The van der Waals surface area contributed by atoms with Crippen molar-refractivity contribution in [3.63, 3.8) is 0 Å². The Morgan fingerprint density at radius 1 is 1.08 bits per heavy atom. The summed E-state index contributed by atoms with van der Waals surface area (Å²) in [6, 6.07) is 4.11. The number of benzene rings is 1. The van der Waals surface area contributed by atoms with Crippen molar-refractivity contribution in [3.8, 4) is 0 Å². The Hall–Kier alpha value is -0.773. The molecule has 0 bridgehead atoms. The van der Waals surface area contributed by atoms with E-state index in [-0.39, 0.29) is 4.70 Å². The van der Waals surface area contributed by atoms with Crippen LogP contribution in [0.4, 0.5) is 13.5 Å². The standard InChI is InChI=1S/C8H9F2Si.FH/c1-11(2)6-3-4-7(9)8(10)5-6;/h3-5H,1-2H3;1H. The van der Waals surface area contributed by atoms with Gasteiger partial charge in [0.25, 0.3) is 0 Å². The van der Waals surface area contributed by atoms with Gasteiger partial charge in [-0.05, 0) is 12.1 Å². The average molecular weight is 191 g/mol. The molecule has 0 unspecified atom stereocenters. The molecule has 0 saturated carbocycles. The number of rotatable bonds is 1. The molecular weight excluding hydrogens is 181 g/mol. The molecule has 1 aromatic rings. The van der Waals surface area contributed by atoms with Crippen LogP contribution >= 0.6 is 0 Å². The van der Waals surface area contributed by atoms with Crippen molar-refractivity contribution in [2.45, 2.75) is 13.1 Å². The van der Waals surface area contributed by atoms with Crippen LogP contribution in [0.25, 0.3) is 0 Å². The Balaban J connectivity index is 0.00000121. The van der Waals surface area contributed by atoms with Gasteiger partial charge in [-0.3, -0.25) is 4.70 Å². The molecule has 1 radical (unpaired) electrons. The van der Waals surface area contributed by atoms with Crippen molar-refractivity contribution in [2.75, 3.05) is 0 Å². The van der Waals surface area contributed by atoms with E-state index in [1.54, 1.807) is 6.07 Å². The zero-order valence-corrected chi connectivity index (χ0v) is 7.90. The number of halogens is 3. The van der Waals surface area contributed by atoms with Gasteiger partial charge in [0.2, 0.25) is 0 Å². The van der Waals surface area contributed by atoms with Gasteiger partial charge in [-0.1, -0.05) is 24.3 Å². The van der Waals surface area contributed by atoms with E-state index in [2.05, 4.69) is 0 Å². The molecular formula is C8H10F3Si. The first-order valence-electron chi connectivity index (χ1n) is 3.37. The highest BCUT2D eigenvalue weighted by Crippen LogP contribution is 2.02. The molecule has 12 heavy (non-hydrogen) atoms. The second kappa shape index (κ2) is 4.30. The molecule has 0 spiro atoms. The summed E-state index contributed by atoms with van der Waals surface area (Å²) in [6.07, 6.45) is 0. The van der Waals surface area contributed by atoms with Crippen LogP contribution in [-0.4, -0.2) is 8.80 Å². The van der Waals surface area contributed by atoms with Gasteiger partial charge < -0.3 is 0 Å². The van der Waals surface area contributed by atoms with Crippen LogP contribution in [-0.2, 0) is 0 Å². The van der Waals surface area contributed by atoms with Crippen molar-refractivity contribution < 1.29 is 13.5 Å². The third-order valence-electron chi connectivity index (χ3n) is 1.50. The molecule has 1 rings (SSSR count). The van der Waals surface area contributed by atoms with Gasteiger partial charge in [0.05, 0.1) is 8.80 Å². The minimum Gasteiger partial charge on any atom is -0.269 e. The first kappa shape index (κ1) is 11.2. The first-order valence-corrected chi connectivity index (χ1v) is 5.87. The quantitative estimate of drug-likeness (QED) is 0.596. The molecule has 0 aliphatic carbocycles. The first-order chi connectivity index (χ1) is 5.11. The summed E-state index contributed by atoms with van der Waals surface area (Å²) in [7, 11) is -0.658. The predicted molar refractivity (Wildman–Crippen MR) is 46.0 cm³/mol. The van der Waals surface area contributed by atoms with Gasteiger partial charge in [0.1, 0.15) is 0 Å². The van der Waals surface area contributed by atoms with Crippen LogP contribution in [0, 0.1) is 11.6 Å². The summed E-state index contributed by atoms with van der Waals surface area (Å²) in [6.45, 7) is 4.08. The summed E-state index contributed by atoms with van der Waals surface area (Å²) in [5.74, 6) is -1.51. The molecule has 4 heteroatoms. The fourth-order valence-corrected chi connectivity index (χ4v) is 1.64. The van der Waals surface area contributed by atoms with E-state index in [1.807, 2.05) is 13.1 Å². The highest BCUT2D eigenvalue weighted by atomic mass is 28.3. The van der Waals surface area contributed by atoms with Crippen LogP contribution in [0.1, 0.15) is 0 Å². The molecule has 0 aliphatic rings. The van der Waals surface area contributed by atoms with E-state index in [0.717, 1.165) is 5.19 Å². The Morgan fingerprint density at radius 3 is 2.08 bits per heavy atom. The molecule has 0 fully saturated rings. The van der Waals surface area contributed by atoms with Crippen LogP contribution in [0.5, 0.6) is 0 Å². The fraction of sp³-hybridized carbons (Fsp3) is 0.250. The Labute approximate surface area is 71.2 Å². The lowest BCUT2D eigenvalue weighted by Crippen LogP contribution is -2.22. The number of hydrogen-bond acceptors (Lipinski definition) is 0. The lowest BCUT2D eigenvalue weighted by atomic mass is 10.3. The summed E-state index contributed by atoms with van der Waals surface area (Å²) in [5, 5.41) is 0.925. The molecule has 0 aromatic heterocycles. The summed E-state index contributed by atoms with van der Waals surface area (Å²) in [4.78, 5) is 0. The average Bonchev–Trinajstić information content (AvgIpc) is 1.94. The molecule has 1 aromatic carbocycles. The summed E-state index contributed by atoms with van der Waals surface area (Å²) < 4.78 is 25.0. The zero-order chi connectivity index (χ0) is 8.43. The fourth-order valence-electron chi connectivity index (χ4n) is 0.807. The van der Waals surface area contributed by atoms with Gasteiger partial charge in [-0.25, -0.2) is 8.78 Å². The molecule has 0 N–H and O–H groups in total. The van der Waals surface area contributed by atoms with E-state index in [4.69, 9.17) is 0 Å². The topological polar surface area (TPSA) is 0 Å². The van der Waals surface area contributed by atoms with Crippen LogP contribution in [0.3, 0.4) is 0 Å². The second-order valence-corrected chi connectivity index (χ2v) is 5.21. The summed E-state index contributed by atoms with van der Waals surface area (Å²) in [5.41, 5.74) is 0. The van der Waals surface area contributed by atoms with E-state index in [0.29, 0.717) is 0 Å². The molecule has 0 atom stereocenters. The van der Waals surface area contributed by atoms with Crippen molar-refractivity contribution in [1.82, 2.24) is 0 Å². The van der Waals surface area contributed by atoms with Crippen molar-refractivity contribution in [2.24, 2.45) is 0 Å². The third kappa shape index (κ3) is 2.37. The maximum absolute atomic E-state index is 12.6. The van der Waals surface area contributed by atoms with Crippen LogP contribution in [0.2, 0.25) is 13.1 Å². The van der Waals surface area contributed by atoms with Gasteiger partial charge in [0, 0.05) is 0 Å². The normalized spacial score (nSPS) is 9.75. The lowest BCUT2D eigenvalue weighted by molar-refractivity contribution is 0.509. The Bertz CT molecular complexity index is 260. The monoisotopic (exact) mass is 191 g/mol. The minimum atomic E-state index is -0.767. The van der Waals surface area contributed by atoms with Crippen LogP contribution < -0.4 is 5.19 Å². The molecule has 0 heterocycles. The minimum absolute atomic E-state index is 0. The van der Waals surface area contributed by atoms with Gasteiger partial charge in [-0.2, -0.15) is 0 Å². The highest BCUT2D eigenvalue weighted by molar-refractivity contribution is 6.70. The van der Waals surface area contributed by atoms with Gasteiger partial charge >= 0.3 is 0 Å². The van der Waals surface area contributed by atoms with E-state index >= 15 is 0 Å². The largest absolute Gasteiger partial charge is 0.269 e. The predicted octanol–water partition coefficient (Wildman–Crippen LogP) is 2.08. The Morgan fingerprint density at radius 2 is 1.67 bits per heavy atom. The number of hydrogen-bond donors (Lipinski definition) is 0. The smallest absolute Gasteiger partial charge is 0.158 e. The molecule has 67 valence electrons. The third-order valence-corrected chi connectivity index (χ3v) is 2.96. The molecule has 0 nitrogen and oxygen atoms in total. The Kier molecular flexibility index (Phi) is 4.02. The zero-order valence-electron chi connectivity index (χ0n) is 6.90. The second-order valence-electron chi connectivity index (χ2n) is 2.63.